The fourth-order valence-electron chi connectivity index (χ4n) is 3.22. The van der Waals surface area contributed by atoms with Crippen LogP contribution < -0.4 is 0 Å². The molecular formula is C16H26N4O. The molecule has 2 fully saturated rings. The van der Waals surface area contributed by atoms with Gasteiger partial charge in [-0.1, -0.05) is 20.8 Å². The largest absolute Gasteiger partial charge is 0.336 e. The number of H-pyrrole nitrogens is 1. The van der Waals surface area contributed by atoms with Gasteiger partial charge < -0.3 is 4.90 Å². The average molecular weight is 290 g/mol. The third-order valence-corrected chi connectivity index (χ3v) is 4.90. The van der Waals surface area contributed by atoms with Crippen molar-refractivity contribution >= 4 is 5.91 Å². The summed E-state index contributed by atoms with van der Waals surface area (Å²) in [6, 6.07) is 0. The van der Waals surface area contributed by atoms with Crippen molar-refractivity contribution in [1.29, 1.82) is 0 Å². The molecule has 1 amide bonds. The van der Waals surface area contributed by atoms with Crippen molar-refractivity contribution in [2.75, 3.05) is 13.1 Å². The van der Waals surface area contributed by atoms with Crippen LogP contribution in [-0.2, 0) is 0 Å². The molecule has 1 saturated heterocycles. The minimum Gasteiger partial charge on any atom is -0.336 e. The van der Waals surface area contributed by atoms with Gasteiger partial charge in [-0.05, 0) is 43.4 Å². The van der Waals surface area contributed by atoms with E-state index in [1.807, 2.05) is 4.90 Å². The molecule has 1 saturated carbocycles. The predicted molar refractivity (Wildman–Crippen MR) is 81.1 cm³/mol. The lowest BCUT2D eigenvalue weighted by atomic mass is 9.77. The number of carbonyl (C=O) groups excluding carboxylic acids is 1. The first-order valence-electron chi connectivity index (χ1n) is 8.16. The monoisotopic (exact) mass is 290 g/mol. The summed E-state index contributed by atoms with van der Waals surface area (Å²) in [7, 11) is 0. The van der Waals surface area contributed by atoms with Crippen molar-refractivity contribution in [2.45, 2.75) is 58.8 Å². The van der Waals surface area contributed by atoms with E-state index >= 15 is 0 Å². The number of nitrogens with one attached hydrogen (secondary N) is 1. The maximum absolute atomic E-state index is 12.5. The van der Waals surface area contributed by atoms with Crippen molar-refractivity contribution in [2.24, 2.45) is 11.3 Å². The topological polar surface area (TPSA) is 61.9 Å². The summed E-state index contributed by atoms with van der Waals surface area (Å²) in [6.07, 6.45) is 5.69. The molecule has 1 aromatic heterocycles. The van der Waals surface area contributed by atoms with E-state index in [0.717, 1.165) is 31.8 Å². The molecule has 116 valence electrons. The Morgan fingerprint density at radius 3 is 2.62 bits per heavy atom. The number of hydrogen-bond donors (Lipinski definition) is 1. The van der Waals surface area contributed by atoms with Gasteiger partial charge in [-0.3, -0.25) is 9.89 Å². The van der Waals surface area contributed by atoms with Crippen LogP contribution in [-0.4, -0.2) is 39.1 Å². The number of rotatable bonds is 2. The fourth-order valence-corrected chi connectivity index (χ4v) is 3.22. The molecule has 2 heterocycles. The van der Waals surface area contributed by atoms with E-state index in [1.54, 1.807) is 0 Å². The molecule has 0 aromatic carbocycles. The lowest BCUT2D eigenvalue weighted by molar-refractivity contribution is 0.0743. The fraction of sp³-hybridized carbons (Fsp3) is 0.812. The Bertz CT molecular complexity index is 513. The van der Waals surface area contributed by atoms with Crippen molar-refractivity contribution in [3.05, 3.63) is 11.6 Å². The van der Waals surface area contributed by atoms with Crippen LogP contribution in [0.3, 0.4) is 0 Å². The average Bonchev–Trinajstić information content (AvgIpc) is 3.20. The molecule has 1 aromatic rings. The quantitative estimate of drug-likeness (QED) is 0.911. The van der Waals surface area contributed by atoms with Crippen LogP contribution in [0, 0.1) is 11.3 Å². The van der Waals surface area contributed by atoms with E-state index in [9.17, 15) is 4.79 Å². The molecule has 3 rings (SSSR count). The number of amides is 1. The molecule has 21 heavy (non-hydrogen) atoms. The Hall–Kier alpha value is -1.39. The zero-order valence-corrected chi connectivity index (χ0v) is 13.4. The van der Waals surface area contributed by atoms with Crippen LogP contribution in [0.5, 0.6) is 0 Å². The van der Waals surface area contributed by atoms with Gasteiger partial charge in [0.25, 0.3) is 5.91 Å². The summed E-state index contributed by atoms with van der Waals surface area (Å²) in [6.45, 7) is 8.55. The number of aromatic amines is 1. The number of hydrogen-bond acceptors (Lipinski definition) is 3. The van der Waals surface area contributed by atoms with E-state index in [2.05, 4.69) is 36.0 Å². The Balaban J connectivity index is 1.64. The highest BCUT2D eigenvalue weighted by Gasteiger charge is 2.31. The molecule has 2 aliphatic rings. The Kier molecular flexibility index (Phi) is 3.76. The Labute approximate surface area is 126 Å². The van der Waals surface area contributed by atoms with Gasteiger partial charge in [-0.25, -0.2) is 4.98 Å². The third kappa shape index (κ3) is 3.27. The Morgan fingerprint density at radius 1 is 1.19 bits per heavy atom. The summed E-state index contributed by atoms with van der Waals surface area (Å²) in [4.78, 5) is 18.9. The van der Waals surface area contributed by atoms with Gasteiger partial charge in [0, 0.05) is 19.0 Å². The van der Waals surface area contributed by atoms with Crippen LogP contribution in [0.25, 0.3) is 0 Å². The van der Waals surface area contributed by atoms with E-state index in [0.29, 0.717) is 23.1 Å². The third-order valence-electron chi connectivity index (χ3n) is 4.90. The minimum atomic E-state index is -0.00675. The first-order valence-corrected chi connectivity index (χ1v) is 8.16. The summed E-state index contributed by atoms with van der Waals surface area (Å²) in [5, 5.41) is 7.05. The van der Waals surface area contributed by atoms with Gasteiger partial charge in [-0.2, -0.15) is 0 Å². The van der Waals surface area contributed by atoms with Crippen LogP contribution in [0.1, 0.15) is 75.2 Å². The highest BCUT2D eigenvalue weighted by Crippen LogP contribution is 2.38. The van der Waals surface area contributed by atoms with Crippen molar-refractivity contribution < 1.29 is 4.79 Å². The number of nitrogens with zero attached hydrogens (tertiary/aromatic N) is 3. The van der Waals surface area contributed by atoms with Crippen molar-refractivity contribution in [3.8, 4) is 0 Å². The lowest BCUT2D eigenvalue weighted by Gasteiger charge is -2.29. The second-order valence-corrected chi connectivity index (χ2v) is 7.60. The van der Waals surface area contributed by atoms with E-state index in [1.165, 1.54) is 19.3 Å². The van der Waals surface area contributed by atoms with Crippen LogP contribution >= 0.6 is 0 Å². The molecule has 0 spiro atoms. The van der Waals surface area contributed by atoms with E-state index in [4.69, 9.17) is 0 Å². The number of likely N-dealkylation sites (tertiary alicyclic amines) is 1. The van der Waals surface area contributed by atoms with E-state index < -0.39 is 0 Å². The second kappa shape index (κ2) is 5.43. The van der Waals surface area contributed by atoms with Gasteiger partial charge in [0.1, 0.15) is 5.82 Å². The molecule has 0 bridgehead atoms. The smallest absolute Gasteiger partial charge is 0.293 e. The van der Waals surface area contributed by atoms with Gasteiger partial charge in [0.15, 0.2) is 0 Å². The van der Waals surface area contributed by atoms with Crippen LogP contribution in [0.15, 0.2) is 0 Å². The number of aromatic nitrogens is 3. The van der Waals surface area contributed by atoms with Gasteiger partial charge in [0.05, 0.1) is 0 Å². The van der Waals surface area contributed by atoms with Crippen LogP contribution in [0.4, 0.5) is 0 Å². The molecule has 1 atom stereocenters. The zero-order valence-electron chi connectivity index (χ0n) is 13.4. The SMILES string of the molecule is CC(C)(C)C1CCCN(C(=O)c2n[nH]c(C3CC3)n2)CC1. The summed E-state index contributed by atoms with van der Waals surface area (Å²) in [5.41, 5.74) is 0.322. The molecule has 5 heteroatoms. The number of carbonyl (C=O) groups is 1. The van der Waals surface area contributed by atoms with Crippen molar-refractivity contribution in [1.82, 2.24) is 20.1 Å². The molecule has 1 unspecified atom stereocenters. The summed E-state index contributed by atoms with van der Waals surface area (Å²) < 4.78 is 0. The first-order chi connectivity index (χ1) is 9.95. The highest BCUT2D eigenvalue weighted by molar-refractivity contribution is 5.90. The molecule has 1 aliphatic carbocycles. The van der Waals surface area contributed by atoms with Gasteiger partial charge in [-0.15, -0.1) is 5.10 Å². The minimum absolute atomic E-state index is 0.00675. The zero-order chi connectivity index (χ0) is 15.0. The normalized spacial score (nSPS) is 24.0. The highest BCUT2D eigenvalue weighted by atomic mass is 16.2. The Morgan fingerprint density at radius 2 is 1.95 bits per heavy atom. The lowest BCUT2D eigenvalue weighted by Crippen LogP contribution is -2.33. The second-order valence-electron chi connectivity index (χ2n) is 7.60. The predicted octanol–water partition coefficient (Wildman–Crippen LogP) is 2.97. The molecule has 1 N–H and O–H groups in total. The molecule has 1 aliphatic heterocycles. The van der Waals surface area contributed by atoms with Crippen LogP contribution in [0.2, 0.25) is 0 Å². The molecule has 5 nitrogen and oxygen atoms in total. The molecule has 0 radical (unpaired) electrons. The summed E-state index contributed by atoms with van der Waals surface area (Å²) in [5.74, 6) is 2.43. The first kappa shape index (κ1) is 14.5. The van der Waals surface area contributed by atoms with Gasteiger partial charge >= 0.3 is 0 Å². The van der Waals surface area contributed by atoms with Crippen molar-refractivity contribution in [3.63, 3.8) is 0 Å². The maximum Gasteiger partial charge on any atom is 0.293 e. The van der Waals surface area contributed by atoms with Gasteiger partial charge in [0.2, 0.25) is 5.82 Å². The maximum atomic E-state index is 12.5. The molecular weight excluding hydrogens is 264 g/mol. The standard InChI is InChI=1S/C16H26N4O/c1-16(2,3)12-5-4-9-20(10-8-12)15(21)14-17-13(18-19-14)11-6-7-11/h11-12H,4-10H2,1-3H3,(H,17,18,19). The van der Waals surface area contributed by atoms with E-state index in [-0.39, 0.29) is 5.91 Å². The summed E-state index contributed by atoms with van der Waals surface area (Å²) >= 11 is 0.